The summed E-state index contributed by atoms with van der Waals surface area (Å²) in [4.78, 5) is 14.9. The van der Waals surface area contributed by atoms with Gasteiger partial charge in [0, 0.05) is 11.4 Å². The number of aromatic nitrogens is 3. The second-order valence-corrected chi connectivity index (χ2v) is 6.06. The molecule has 0 amide bonds. The summed E-state index contributed by atoms with van der Waals surface area (Å²) < 4.78 is 5.21. The van der Waals surface area contributed by atoms with Gasteiger partial charge in [-0.3, -0.25) is 5.43 Å². The molecule has 0 saturated heterocycles. The van der Waals surface area contributed by atoms with Crippen LogP contribution in [0, 0.1) is 0 Å². The Hall–Kier alpha value is -2.32. The number of hydrogen-bond acceptors (Lipinski definition) is 8. The van der Waals surface area contributed by atoms with Gasteiger partial charge in [-0.25, -0.2) is 15.0 Å². The van der Waals surface area contributed by atoms with Crippen molar-refractivity contribution in [2.45, 2.75) is 26.3 Å². The molecule has 0 aliphatic carbocycles. The van der Waals surface area contributed by atoms with Crippen LogP contribution in [0.2, 0.25) is 0 Å². The van der Waals surface area contributed by atoms with Gasteiger partial charge >= 0.3 is 0 Å². The second kappa shape index (κ2) is 6.20. The lowest BCUT2D eigenvalue weighted by atomic mass is 10.2. The highest BCUT2D eigenvalue weighted by Gasteiger charge is 2.10. The summed E-state index contributed by atoms with van der Waals surface area (Å²) in [6, 6.07) is 2.10. The minimum absolute atomic E-state index is 0.337. The summed E-state index contributed by atoms with van der Waals surface area (Å²) in [6.07, 6.45) is 4.53. The molecule has 3 aromatic heterocycles. The Labute approximate surface area is 131 Å². The summed E-state index contributed by atoms with van der Waals surface area (Å²) in [7, 11) is 0. The normalized spacial score (nSPS) is 11.8. The summed E-state index contributed by atoms with van der Waals surface area (Å²) in [5.74, 6) is 1.51. The Morgan fingerprint density at radius 1 is 1.45 bits per heavy atom. The number of fused-ring (bicyclic) bond motifs is 1. The smallest absolute Gasteiger partial charge is 0.239 e. The van der Waals surface area contributed by atoms with Crippen molar-refractivity contribution < 1.29 is 4.42 Å². The maximum Gasteiger partial charge on any atom is 0.239 e. The first kappa shape index (κ1) is 14.6. The van der Waals surface area contributed by atoms with Gasteiger partial charge in [0.05, 0.1) is 11.1 Å². The fourth-order valence-electron chi connectivity index (χ4n) is 1.87. The lowest BCUT2D eigenvalue weighted by Crippen LogP contribution is -1.97. The van der Waals surface area contributed by atoms with Crippen LogP contribution in [0.3, 0.4) is 0 Å². The zero-order chi connectivity index (χ0) is 15.5. The third-order valence-corrected chi connectivity index (χ3v) is 4.39. The molecule has 7 nitrogen and oxygen atoms in total. The van der Waals surface area contributed by atoms with Crippen LogP contribution in [-0.2, 0) is 6.54 Å². The maximum atomic E-state index is 5.47. The third kappa shape index (κ3) is 2.97. The van der Waals surface area contributed by atoms with E-state index in [0.717, 1.165) is 10.2 Å². The van der Waals surface area contributed by atoms with Crippen LogP contribution in [0.1, 0.15) is 36.2 Å². The third-order valence-electron chi connectivity index (χ3n) is 3.04. The van der Waals surface area contributed by atoms with Crippen molar-refractivity contribution in [1.82, 2.24) is 15.0 Å². The predicted octanol–water partition coefficient (Wildman–Crippen LogP) is 2.71. The van der Waals surface area contributed by atoms with Gasteiger partial charge in [-0.1, -0.05) is 13.8 Å². The van der Waals surface area contributed by atoms with Gasteiger partial charge < -0.3 is 10.2 Å². The van der Waals surface area contributed by atoms with Gasteiger partial charge in [0.15, 0.2) is 5.82 Å². The number of oxazole rings is 1. The fourth-order valence-corrected chi connectivity index (χ4v) is 2.87. The Morgan fingerprint density at radius 3 is 3.05 bits per heavy atom. The first-order valence-corrected chi connectivity index (χ1v) is 7.67. The molecule has 0 radical (unpaired) electrons. The fraction of sp³-hybridized carbons (Fsp3) is 0.286. The SMILES string of the molecule is CC(C)c1cc2c(NN=Cc3nc(CN)co3)ncnc2s1. The molecule has 22 heavy (non-hydrogen) atoms. The van der Waals surface area contributed by atoms with E-state index in [-0.39, 0.29) is 0 Å². The van der Waals surface area contributed by atoms with E-state index >= 15 is 0 Å². The number of thiophene rings is 1. The van der Waals surface area contributed by atoms with Crippen LogP contribution in [0.4, 0.5) is 5.82 Å². The zero-order valence-corrected chi connectivity index (χ0v) is 13.1. The minimum atomic E-state index is 0.337. The molecule has 8 heteroatoms. The van der Waals surface area contributed by atoms with Crippen LogP contribution in [0.5, 0.6) is 0 Å². The number of rotatable bonds is 5. The summed E-state index contributed by atoms with van der Waals surface area (Å²) in [6.45, 7) is 4.65. The van der Waals surface area contributed by atoms with Crippen molar-refractivity contribution in [2.75, 3.05) is 5.43 Å². The molecule has 0 unspecified atom stereocenters. The monoisotopic (exact) mass is 316 g/mol. The van der Waals surface area contributed by atoms with E-state index in [4.69, 9.17) is 10.2 Å². The van der Waals surface area contributed by atoms with E-state index in [2.05, 4.69) is 45.4 Å². The number of hydrogen-bond donors (Lipinski definition) is 2. The predicted molar refractivity (Wildman–Crippen MR) is 87.1 cm³/mol. The molecule has 0 atom stereocenters. The Bertz CT molecular complexity index is 807. The van der Waals surface area contributed by atoms with Gasteiger partial charge in [0.1, 0.15) is 23.6 Å². The molecule has 0 saturated carbocycles. The van der Waals surface area contributed by atoms with E-state index in [0.29, 0.717) is 29.9 Å². The van der Waals surface area contributed by atoms with Crippen LogP contribution >= 0.6 is 11.3 Å². The molecule has 114 valence electrons. The molecule has 3 rings (SSSR count). The summed E-state index contributed by atoms with van der Waals surface area (Å²) >= 11 is 1.67. The van der Waals surface area contributed by atoms with Crippen LogP contribution in [0.15, 0.2) is 28.2 Å². The first-order chi connectivity index (χ1) is 10.7. The lowest BCUT2D eigenvalue weighted by molar-refractivity contribution is 0.548. The molecule has 0 spiro atoms. The molecule has 3 heterocycles. The molecular weight excluding hydrogens is 300 g/mol. The molecular formula is C14H16N6OS. The topological polar surface area (TPSA) is 102 Å². The van der Waals surface area contributed by atoms with Crippen molar-refractivity contribution in [3.8, 4) is 0 Å². The molecule has 0 fully saturated rings. The van der Waals surface area contributed by atoms with Crippen LogP contribution < -0.4 is 11.2 Å². The van der Waals surface area contributed by atoms with E-state index in [1.807, 2.05) is 0 Å². The first-order valence-electron chi connectivity index (χ1n) is 6.85. The van der Waals surface area contributed by atoms with E-state index in [1.54, 1.807) is 11.3 Å². The average molecular weight is 316 g/mol. The van der Waals surface area contributed by atoms with E-state index in [1.165, 1.54) is 23.7 Å². The lowest BCUT2D eigenvalue weighted by Gasteiger charge is -1.99. The Balaban J connectivity index is 1.81. The molecule has 0 bridgehead atoms. The summed E-state index contributed by atoms with van der Waals surface area (Å²) in [5, 5.41) is 5.07. The van der Waals surface area contributed by atoms with Crippen molar-refractivity contribution in [3.63, 3.8) is 0 Å². The Kier molecular flexibility index (Phi) is 4.12. The number of anilines is 1. The van der Waals surface area contributed by atoms with Gasteiger partial charge in [-0.2, -0.15) is 5.10 Å². The molecule has 0 aliphatic rings. The number of nitrogens with two attached hydrogens (primary N) is 1. The summed E-state index contributed by atoms with van der Waals surface area (Å²) in [5.41, 5.74) is 9.07. The van der Waals surface area contributed by atoms with Crippen molar-refractivity contribution in [2.24, 2.45) is 10.8 Å². The van der Waals surface area contributed by atoms with Crippen LogP contribution in [-0.4, -0.2) is 21.2 Å². The Morgan fingerprint density at radius 2 is 2.32 bits per heavy atom. The van der Waals surface area contributed by atoms with E-state index in [9.17, 15) is 0 Å². The maximum absolute atomic E-state index is 5.47. The quantitative estimate of drug-likeness (QED) is 0.554. The minimum Gasteiger partial charge on any atom is -0.443 e. The molecule has 0 aliphatic heterocycles. The van der Waals surface area contributed by atoms with Crippen molar-refractivity contribution in [1.29, 1.82) is 0 Å². The van der Waals surface area contributed by atoms with Gasteiger partial charge in [0.25, 0.3) is 0 Å². The van der Waals surface area contributed by atoms with E-state index < -0.39 is 0 Å². The molecule has 3 N–H and O–H groups in total. The number of nitrogens with zero attached hydrogens (tertiary/aromatic N) is 4. The second-order valence-electron chi connectivity index (χ2n) is 5.00. The highest BCUT2D eigenvalue weighted by atomic mass is 32.1. The average Bonchev–Trinajstić information content (AvgIpc) is 3.13. The number of nitrogens with one attached hydrogen (secondary N) is 1. The molecule has 3 aromatic rings. The van der Waals surface area contributed by atoms with Crippen molar-refractivity contribution >= 4 is 33.6 Å². The highest BCUT2D eigenvalue weighted by Crippen LogP contribution is 2.32. The van der Waals surface area contributed by atoms with Gasteiger partial charge in [-0.05, 0) is 12.0 Å². The standard InChI is InChI=1S/C14H16N6OS/c1-8(2)11-3-10-13(16-7-17-14(10)22-11)20-18-5-12-19-9(4-15)6-21-12/h3,5-8H,4,15H2,1-2H3,(H,16,17,20). The molecule has 0 aromatic carbocycles. The van der Waals surface area contributed by atoms with Crippen LogP contribution in [0.25, 0.3) is 10.2 Å². The van der Waals surface area contributed by atoms with Gasteiger partial charge in [0.2, 0.25) is 5.89 Å². The van der Waals surface area contributed by atoms with Crippen molar-refractivity contribution in [3.05, 3.63) is 35.1 Å². The largest absolute Gasteiger partial charge is 0.443 e. The highest BCUT2D eigenvalue weighted by molar-refractivity contribution is 7.18. The zero-order valence-electron chi connectivity index (χ0n) is 12.3. The number of hydrazone groups is 1. The van der Waals surface area contributed by atoms with Gasteiger partial charge in [-0.15, -0.1) is 11.3 Å².